The summed E-state index contributed by atoms with van der Waals surface area (Å²) in [7, 11) is 0. The van der Waals surface area contributed by atoms with Gasteiger partial charge in [0, 0.05) is 31.6 Å². The van der Waals surface area contributed by atoms with Crippen LogP contribution in [0.25, 0.3) is 0 Å². The van der Waals surface area contributed by atoms with Crippen molar-refractivity contribution in [1.29, 1.82) is 0 Å². The smallest absolute Gasteiger partial charge is 0.407 e. The minimum Gasteiger partial charge on any atom is -0.493 e. The average molecular weight is 484 g/mol. The average Bonchev–Trinajstić information content (AvgIpc) is 2.76. The molecule has 0 heterocycles. The molecular weight excluding hydrogens is 446 g/mol. The Morgan fingerprint density at radius 3 is 2.14 bits per heavy atom. The van der Waals surface area contributed by atoms with Crippen molar-refractivity contribution in [3.05, 3.63) is 59.2 Å². The quantitative estimate of drug-likeness (QED) is 0.404. The zero-order valence-corrected chi connectivity index (χ0v) is 21.3. The summed E-state index contributed by atoms with van der Waals surface area (Å²) in [4.78, 5) is 35.8. The Bertz CT molecular complexity index is 977. The van der Waals surface area contributed by atoms with Crippen molar-refractivity contribution in [1.82, 2.24) is 10.6 Å². The molecule has 8 nitrogen and oxygen atoms in total. The molecule has 2 aromatic rings. The van der Waals surface area contributed by atoms with Crippen molar-refractivity contribution in [2.75, 3.05) is 18.5 Å². The van der Waals surface area contributed by atoms with Crippen molar-refractivity contribution in [3.63, 3.8) is 0 Å². The predicted molar refractivity (Wildman–Crippen MR) is 136 cm³/mol. The van der Waals surface area contributed by atoms with Gasteiger partial charge in [0.1, 0.15) is 11.4 Å². The molecule has 2 aromatic carbocycles. The van der Waals surface area contributed by atoms with Crippen LogP contribution in [0.3, 0.4) is 0 Å². The summed E-state index contributed by atoms with van der Waals surface area (Å²) in [5, 5.41) is 8.24. The third-order valence-electron chi connectivity index (χ3n) is 4.95. The van der Waals surface area contributed by atoms with E-state index in [2.05, 4.69) is 16.0 Å². The number of alkyl carbamates (subject to hydrolysis) is 1. The number of benzene rings is 2. The van der Waals surface area contributed by atoms with Gasteiger partial charge < -0.3 is 25.4 Å². The van der Waals surface area contributed by atoms with Crippen LogP contribution in [0.15, 0.2) is 42.5 Å². The second kappa shape index (κ2) is 13.4. The summed E-state index contributed by atoms with van der Waals surface area (Å²) in [6, 6.07) is 13.3. The Morgan fingerprint density at radius 1 is 0.857 bits per heavy atom. The fourth-order valence-electron chi connectivity index (χ4n) is 3.24. The number of hydrogen-bond acceptors (Lipinski definition) is 5. The summed E-state index contributed by atoms with van der Waals surface area (Å²) in [6.07, 6.45) is 0.587. The highest BCUT2D eigenvalue weighted by atomic mass is 16.6. The van der Waals surface area contributed by atoms with E-state index < -0.39 is 11.7 Å². The molecule has 0 saturated heterocycles. The number of aryl methyl sites for hydroxylation is 2. The number of carbonyl (C=O) groups is 3. The normalized spacial score (nSPS) is 10.9. The van der Waals surface area contributed by atoms with Crippen LogP contribution < -0.4 is 20.7 Å². The Morgan fingerprint density at radius 2 is 1.51 bits per heavy atom. The van der Waals surface area contributed by atoms with Crippen LogP contribution in [0.5, 0.6) is 5.75 Å². The molecule has 0 aromatic heterocycles. The first-order chi connectivity index (χ1) is 16.5. The maximum atomic E-state index is 12.2. The zero-order valence-electron chi connectivity index (χ0n) is 21.3. The Hall–Kier alpha value is -3.55. The predicted octanol–water partition coefficient (Wildman–Crippen LogP) is 4.63. The van der Waals surface area contributed by atoms with E-state index in [9.17, 15) is 14.4 Å². The summed E-state index contributed by atoms with van der Waals surface area (Å²) >= 11 is 0. The molecule has 0 bridgehead atoms. The van der Waals surface area contributed by atoms with Crippen molar-refractivity contribution < 1.29 is 23.9 Å². The van der Waals surface area contributed by atoms with Crippen molar-refractivity contribution in [3.8, 4) is 5.75 Å². The molecule has 0 saturated carbocycles. The lowest BCUT2D eigenvalue weighted by atomic mass is 10.1. The van der Waals surface area contributed by atoms with Crippen LogP contribution in [-0.4, -0.2) is 36.7 Å². The maximum Gasteiger partial charge on any atom is 0.407 e. The topological polar surface area (TPSA) is 106 Å². The number of para-hydroxylation sites is 1. The third-order valence-corrected chi connectivity index (χ3v) is 4.95. The maximum absolute atomic E-state index is 12.2. The zero-order chi connectivity index (χ0) is 25.8. The van der Waals surface area contributed by atoms with Gasteiger partial charge >= 0.3 is 6.09 Å². The molecule has 0 atom stereocenters. The lowest BCUT2D eigenvalue weighted by Crippen LogP contribution is -2.35. The highest BCUT2D eigenvalue weighted by Crippen LogP contribution is 2.22. The van der Waals surface area contributed by atoms with Gasteiger partial charge in [0.15, 0.2) is 0 Å². The number of ether oxygens (including phenoxy) is 2. The minimum absolute atomic E-state index is 0.0753. The van der Waals surface area contributed by atoms with Gasteiger partial charge in [-0.05, 0) is 69.9 Å². The molecule has 3 N–H and O–H groups in total. The van der Waals surface area contributed by atoms with Gasteiger partial charge in [0.05, 0.1) is 6.61 Å². The van der Waals surface area contributed by atoms with E-state index in [1.807, 2.05) is 44.2 Å². The standard InChI is InChI=1S/C27H37N3O5/c1-19-8-6-9-20(2)25(19)34-17-7-10-24(32)30-22-13-11-21(12-14-22)18-29-23(31)15-16-28-26(33)35-27(3,4)5/h6,8-9,11-14H,7,10,15-18H2,1-5H3,(H,28,33)(H,29,31)(H,30,32). The molecule has 0 aliphatic rings. The molecule has 0 fully saturated rings. The van der Waals surface area contributed by atoms with E-state index in [1.54, 1.807) is 32.9 Å². The summed E-state index contributed by atoms with van der Waals surface area (Å²) in [6.45, 7) is 10.4. The molecule has 8 heteroatoms. The number of carbonyl (C=O) groups excluding carboxylic acids is 3. The van der Waals surface area contributed by atoms with Crippen LogP contribution in [0.1, 0.15) is 56.7 Å². The molecule has 35 heavy (non-hydrogen) atoms. The van der Waals surface area contributed by atoms with E-state index >= 15 is 0 Å². The van der Waals surface area contributed by atoms with Crippen molar-refractivity contribution in [2.45, 2.75) is 66.0 Å². The molecule has 3 amide bonds. The van der Waals surface area contributed by atoms with E-state index in [1.165, 1.54) is 0 Å². The van der Waals surface area contributed by atoms with Crippen LogP contribution >= 0.6 is 0 Å². The lowest BCUT2D eigenvalue weighted by Gasteiger charge is -2.19. The second-order valence-corrected chi connectivity index (χ2v) is 9.37. The molecule has 2 rings (SSSR count). The first-order valence-electron chi connectivity index (χ1n) is 11.8. The van der Waals surface area contributed by atoms with Crippen LogP contribution in [0.2, 0.25) is 0 Å². The second-order valence-electron chi connectivity index (χ2n) is 9.37. The van der Waals surface area contributed by atoms with Crippen LogP contribution in [0.4, 0.5) is 10.5 Å². The molecule has 0 unspecified atom stereocenters. The molecule has 0 aliphatic carbocycles. The summed E-state index contributed by atoms with van der Waals surface area (Å²) in [5.74, 6) is 0.630. The minimum atomic E-state index is -0.576. The van der Waals surface area contributed by atoms with Gasteiger partial charge in [0.25, 0.3) is 0 Å². The Balaban J connectivity index is 1.63. The van der Waals surface area contributed by atoms with Crippen molar-refractivity contribution >= 4 is 23.6 Å². The van der Waals surface area contributed by atoms with Gasteiger partial charge in [-0.2, -0.15) is 0 Å². The lowest BCUT2D eigenvalue weighted by molar-refractivity contribution is -0.121. The van der Waals surface area contributed by atoms with E-state index in [-0.39, 0.29) is 24.8 Å². The van der Waals surface area contributed by atoms with E-state index in [0.717, 1.165) is 22.4 Å². The summed E-state index contributed by atoms with van der Waals surface area (Å²) < 4.78 is 11.0. The van der Waals surface area contributed by atoms with Crippen LogP contribution in [-0.2, 0) is 20.9 Å². The van der Waals surface area contributed by atoms with Crippen LogP contribution in [0, 0.1) is 13.8 Å². The van der Waals surface area contributed by atoms with E-state index in [0.29, 0.717) is 31.7 Å². The third kappa shape index (κ3) is 10.9. The SMILES string of the molecule is Cc1cccc(C)c1OCCCC(=O)Nc1ccc(CNC(=O)CCNC(=O)OC(C)(C)C)cc1. The van der Waals surface area contributed by atoms with Gasteiger partial charge in [-0.15, -0.1) is 0 Å². The first kappa shape index (κ1) is 27.7. The number of rotatable bonds is 11. The van der Waals surface area contributed by atoms with Gasteiger partial charge in [0.2, 0.25) is 11.8 Å². The number of nitrogens with one attached hydrogen (secondary N) is 3. The first-order valence-corrected chi connectivity index (χ1v) is 11.8. The summed E-state index contributed by atoms with van der Waals surface area (Å²) in [5.41, 5.74) is 3.19. The largest absolute Gasteiger partial charge is 0.493 e. The van der Waals surface area contributed by atoms with E-state index in [4.69, 9.17) is 9.47 Å². The molecule has 0 aliphatic heterocycles. The number of hydrogen-bond donors (Lipinski definition) is 3. The molecular formula is C27H37N3O5. The van der Waals surface area contributed by atoms with Gasteiger partial charge in [-0.25, -0.2) is 4.79 Å². The highest BCUT2D eigenvalue weighted by molar-refractivity contribution is 5.90. The van der Waals surface area contributed by atoms with Gasteiger partial charge in [-0.1, -0.05) is 30.3 Å². The molecule has 0 spiro atoms. The molecule has 0 radical (unpaired) electrons. The number of anilines is 1. The monoisotopic (exact) mass is 483 g/mol. The number of amides is 3. The van der Waals surface area contributed by atoms with Crippen molar-refractivity contribution in [2.24, 2.45) is 0 Å². The fourth-order valence-corrected chi connectivity index (χ4v) is 3.24. The highest BCUT2D eigenvalue weighted by Gasteiger charge is 2.15. The fraction of sp³-hybridized carbons (Fsp3) is 0.444. The molecule has 190 valence electrons. The van der Waals surface area contributed by atoms with Gasteiger partial charge in [-0.3, -0.25) is 9.59 Å². The Kier molecular flexibility index (Phi) is 10.6. The Labute approximate surface area is 207 Å².